The van der Waals surface area contributed by atoms with Gasteiger partial charge in [-0.3, -0.25) is 9.69 Å². The van der Waals surface area contributed by atoms with Crippen molar-refractivity contribution < 1.29 is 9.21 Å². The molecule has 1 aliphatic heterocycles. The van der Waals surface area contributed by atoms with Crippen molar-refractivity contribution in [1.29, 1.82) is 0 Å². The average Bonchev–Trinajstić information content (AvgIpc) is 3.05. The zero-order valence-corrected chi connectivity index (χ0v) is 10.9. The van der Waals surface area contributed by atoms with E-state index in [2.05, 4.69) is 15.5 Å². The maximum atomic E-state index is 12.6. The second kappa shape index (κ2) is 4.49. The van der Waals surface area contributed by atoms with Crippen LogP contribution in [-0.4, -0.2) is 32.7 Å². The van der Waals surface area contributed by atoms with Crippen molar-refractivity contribution in [2.45, 2.75) is 32.7 Å². The fourth-order valence-electron chi connectivity index (χ4n) is 2.28. The van der Waals surface area contributed by atoms with E-state index in [4.69, 9.17) is 4.42 Å². The van der Waals surface area contributed by atoms with Crippen LogP contribution in [0.1, 0.15) is 42.3 Å². The Morgan fingerprint density at radius 2 is 2.26 bits per heavy atom. The number of tetrazole rings is 1. The Labute approximate surface area is 110 Å². The lowest BCUT2D eigenvalue weighted by atomic mass is 10.0. The van der Waals surface area contributed by atoms with Gasteiger partial charge in [-0.25, -0.2) is 4.68 Å². The summed E-state index contributed by atoms with van der Waals surface area (Å²) in [4.78, 5) is 14.1. The van der Waals surface area contributed by atoms with Crippen molar-refractivity contribution in [3.8, 4) is 0 Å². The van der Waals surface area contributed by atoms with Gasteiger partial charge in [-0.2, -0.15) is 0 Å². The van der Waals surface area contributed by atoms with Gasteiger partial charge in [0.2, 0.25) is 0 Å². The molecule has 1 aliphatic rings. The lowest BCUT2D eigenvalue weighted by molar-refractivity contribution is 0.0951. The van der Waals surface area contributed by atoms with E-state index in [9.17, 15) is 4.79 Å². The molecule has 0 atom stereocenters. The van der Waals surface area contributed by atoms with Gasteiger partial charge in [0, 0.05) is 18.7 Å². The molecule has 7 nitrogen and oxygen atoms in total. The van der Waals surface area contributed by atoms with E-state index < -0.39 is 0 Å². The first-order valence-electron chi connectivity index (χ1n) is 6.34. The highest BCUT2D eigenvalue weighted by atomic mass is 16.3. The Balaban J connectivity index is 1.96. The molecule has 0 unspecified atom stereocenters. The molecule has 19 heavy (non-hydrogen) atoms. The van der Waals surface area contributed by atoms with E-state index in [1.165, 1.54) is 0 Å². The first-order valence-corrected chi connectivity index (χ1v) is 6.34. The van der Waals surface area contributed by atoms with Crippen molar-refractivity contribution >= 4 is 11.9 Å². The van der Waals surface area contributed by atoms with Gasteiger partial charge in [0.05, 0.1) is 6.26 Å². The van der Waals surface area contributed by atoms with E-state index in [-0.39, 0.29) is 11.8 Å². The molecule has 7 heteroatoms. The number of aromatic nitrogens is 4. The molecular formula is C12H15N5O2. The van der Waals surface area contributed by atoms with Gasteiger partial charge in [0.25, 0.3) is 11.9 Å². The number of furan rings is 1. The first-order chi connectivity index (χ1) is 9.18. The summed E-state index contributed by atoms with van der Waals surface area (Å²) in [5.74, 6) is 0.928. The van der Waals surface area contributed by atoms with E-state index >= 15 is 0 Å². The smallest absolute Gasteiger partial charge is 0.296 e. The molecule has 0 saturated carbocycles. The molecule has 0 saturated heterocycles. The van der Waals surface area contributed by atoms with Gasteiger partial charge in [-0.1, -0.05) is 18.9 Å². The van der Waals surface area contributed by atoms with Gasteiger partial charge in [-0.05, 0) is 28.8 Å². The van der Waals surface area contributed by atoms with Crippen molar-refractivity contribution in [2.24, 2.45) is 0 Å². The average molecular weight is 261 g/mol. The quantitative estimate of drug-likeness (QED) is 0.817. The van der Waals surface area contributed by atoms with Crippen LogP contribution in [0, 0.1) is 0 Å². The molecule has 2 aromatic rings. The fourth-order valence-corrected chi connectivity index (χ4v) is 2.28. The first kappa shape index (κ1) is 11.9. The van der Waals surface area contributed by atoms with Crippen LogP contribution in [0.4, 0.5) is 5.95 Å². The van der Waals surface area contributed by atoms with Crippen LogP contribution in [0.5, 0.6) is 0 Å². The largest absolute Gasteiger partial charge is 0.459 e. The molecule has 3 heterocycles. The minimum Gasteiger partial charge on any atom is -0.459 e. The summed E-state index contributed by atoms with van der Waals surface area (Å²) in [5.41, 5.74) is 0.912. The molecule has 0 fully saturated rings. The standard InChI is InChI=1S/C12H15N5O2/c1-8(2)9-4-7-19-10(9)11(18)16-5-3-6-17-12(16)13-14-15-17/h4,7-8H,3,5-6H2,1-2H3. The van der Waals surface area contributed by atoms with Gasteiger partial charge < -0.3 is 4.42 Å². The summed E-state index contributed by atoms with van der Waals surface area (Å²) in [6.07, 6.45) is 2.39. The monoisotopic (exact) mass is 261 g/mol. The molecule has 0 bridgehead atoms. The Morgan fingerprint density at radius 3 is 3.05 bits per heavy atom. The lowest BCUT2D eigenvalue weighted by Gasteiger charge is -2.24. The van der Waals surface area contributed by atoms with E-state index in [0.717, 1.165) is 18.5 Å². The summed E-state index contributed by atoms with van der Waals surface area (Å²) in [7, 11) is 0. The van der Waals surface area contributed by atoms with Crippen LogP contribution in [-0.2, 0) is 6.54 Å². The maximum Gasteiger partial charge on any atom is 0.296 e. The van der Waals surface area contributed by atoms with Crippen molar-refractivity contribution in [1.82, 2.24) is 20.2 Å². The third-order valence-corrected chi connectivity index (χ3v) is 3.26. The minimum atomic E-state index is -0.176. The van der Waals surface area contributed by atoms with E-state index in [1.807, 2.05) is 19.9 Å². The van der Waals surface area contributed by atoms with E-state index in [0.29, 0.717) is 18.3 Å². The summed E-state index contributed by atoms with van der Waals surface area (Å²) in [6.45, 7) is 5.41. The molecule has 0 N–H and O–H groups in total. The third-order valence-electron chi connectivity index (χ3n) is 3.26. The molecule has 1 amide bonds. The molecule has 2 aromatic heterocycles. The summed E-state index contributed by atoms with van der Waals surface area (Å²) >= 11 is 0. The number of hydrogen-bond acceptors (Lipinski definition) is 5. The van der Waals surface area contributed by atoms with Crippen LogP contribution in [0.25, 0.3) is 0 Å². The van der Waals surface area contributed by atoms with Gasteiger partial charge in [0.1, 0.15) is 0 Å². The number of carbonyl (C=O) groups excluding carboxylic acids is 1. The second-order valence-electron chi connectivity index (χ2n) is 4.87. The third kappa shape index (κ3) is 1.91. The highest BCUT2D eigenvalue weighted by molar-refractivity contribution is 6.04. The minimum absolute atomic E-state index is 0.176. The summed E-state index contributed by atoms with van der Waals surface area (Å²) < 4.78 is 7.00. The Morgan fingerprint density at radius 1 is 1.42 bits per heavy atom. The van der Waals surface area contributed by atoms with Crippen molar-refractivity contribution in [3.05, 3.63) is 23.7 Å². The zero-order valence-electron chi connectivity index (χ0n) is 10.9. The fraction of sp³-hybridized carbons (Fsp3) is 0.500. The molecule has 0 aliphatic carbocycles. The maximum absolute atomic E-state index is 12.6. The number of carbonyl (C=O) groups is 1. The SMILES string of the molecule is CC(C)c1ccoc1C(=O)N1CCCn2nnnc21. The Bertz CT molecular complexity index is 601. The predicted molar refractivity (Wildman–Crippen MR) is 66.9 cm³/mol. The topological polar surface area (TPSA) is 77.0 Å². The molecule has 0 aromatic carbocycles. The molecule has 0 radical (unpaired) electrons. The van der Waals surface area contributed by atoms with Crippen LogP contribution in [0.2, 0.25) is 0 Å². The number of rotatable bonds is 2. The highest BCUT2D eigenvalue weighted by Crippen LogP contribution is 2.25. The van der Waals surface area contributed by atoms with Crippen LogP contribution in [0.3, 0.4) is 0 Å². The Hall–Kier alpha value is -2.18. The van der Waals surface area contributed by atoms with Crippen LogP contribution < -0.4 is 4.90 Å². The number of amides is 1. The number of hydrogen-bond donors (Lipinski definition) is 0. The molecular weight excluding hydrogens is 246 g/mol. The number of fused-ring (bicyclic) bond motifs is 1. The highest BCUT2D eigenvalue weighted by Gasteiger charge is 2.30. The molecule has 0 spiro atoms. The Kier molecular flexibility index (Phi) is 2.81. The van der Waals surface area contributed by atoms with E-state index in [1.54, 1.807) is 15.8 Å². The number of anilines is 1. The number of nitrogens with zero attached hydrogens (tertiary/aromatic N) is 5. The molecule has 100 valence electrons. The van der Waals surface area contributed by atoms with Crippen LogP contribution in [0.15, 0.2) is 16.7 Å². The number of aryl methyl sites for hydroxylation is 1. The zero-order chi connectivity index (χ0) is 13.4. The molecule has 3 rings (SSSR count). The van der Waals surface area contributed by atoms with Gasteiger partial charge in [0.15, 0.2) is 5.76 Å². The van der Waals surface area contributed by atoms with Crippen LogP contribution >= 0.6 is 0 Å². The van der Waals surface area contributed by atoms with Gasteiger partial charge >= 0.3 is 0 Å². The lowest BCUT2D eigenvalue weighted by Crippen LogP contribution is -2.38. The van der Waals surface area contributed by atoms with Crippen molar-refractivity contribution in [3.63, 3.8) is 0 Å². The summed E-state index contributed by atoms with van der Waals surface area (Å²) in [5, 5.41) is 11.4. The van der Waals surface area contributed by atoms with Crippen molar-refractivity contribution in [2.75, 3.05) is 11.4 Å². The van der Waals surface area contributed by atoms with Gasteiger partial charge in [-0.15, -0.1) is 0 Å². The summed E-state index contributed by atoms with van der Waals surface area (Å²) in [6, 6.07) is 1.84. The normalized spacial score (nSPS) is 14.8. The predicted octanol–water partition coefficient (Wildman–Crippen LogP) is 1.44. The second-order valence-corrected chi connectivity index (χ2v) is 4.87.